The summed E-state index contributed by atoms with van der Waals surface area (Å²) in [5.74, 6) is -1.15. The van der Waals surface area contributed by atoms with Gasteiger partial charge in [-0.15, -0.1) is 0 Å². The smallest absolute Gasteiger partial charge is 0.480 e. The van der Waals surface area contributed by atoms with Crippen molar-refractivity contribution in [3.8, 4) is 5.75 Å². The highest BCUT2D eigenvalue weighted by atomic mass is 35.7. The zero-order valence-electron chi connectivity index (χ0n) is 12.0. The van der Waals surface area contributed by atoms with Crippen LogP contribution in [0, 0.1) is 5.92 Å². The first-order valence-electron chi connectivity index (χ1n) is 6.58. The van der Waals surface area contributed by atoms with Gasteiger partial charge in [0, 0.05) is 11.6 Å². The van der Waals surface area contributed by atoms with Gasteiger partial charge in [0.25, 0.3) is 0 Å². The number of pyridine rings is 1. The Morgan fingerprint density at radius 1 is 1.36 bits per heavy atom. The Labute approximate surface area is 133 Å². The zero-order chi connectivity index (χ0) is 16.3. The molecule has 0 amide bonds. The third-order valence-corrected chi connectivity index (χ3v) is 4.16. The third-order valence-electron chi connectivity index (χ3n) is 3.07. The van der Waals surface area contributed by atoms with Gasteiger partial charge in [-0.25, -0.2) is 0 Å². The molecule has 1 heterocycles. The fourth-order valence-corrected chi connectivity index (χ4v) is 3.16. The van der Waals surface area contributed by atoms with Crippen molar-refractivity contribution >= 4 is 35.4 Å². The van der Waals surface area contributed by atoms with Crippen LogP contribution in [0.1, 0.15) is 13.8 Å². The zero-order valence-corrected chi connectivity index (χ0v) is 13.7. The van der Waals surface area contributed by atoms with E-state index >= 15 is 0 Å². The second-order valence-corrected chi connectivity index (χ2v) is 6.69. The summed E-state index contributed by atoms with van der Waals surface area (Å²) in [7, 11) is -2.52. The van der Waals surface area contributed by atoms with Gasteiger partial charge in [-0.3, -0.25) is 9.78 Å². The molecule has 0 aliphatic carbocycles. The summed E-state index contributed by atoms with van der Waals surface area (Å²) in [6.07, 6.45) is 1.64. The molecule has 0 aliphatic rings. The van der Waals surface area contributed by atoms with Gasteiger partial charge in [0.1, 0.15) is 4.83 Å². The molecule has 1 aromatic carbocycles. The lowest BCUT2D eigenvalue weighted by Gasteiger charge is -2.20. The maximum Gasteiger partial charge on any atom is 0.593 e. The van der Waals surface area contributed by atoms with Crippen molar-refractivity contribution in [2.45, 2.75) is 19.9 Å². The van der Waals surface area contributed by atoms with Gasteiger partial charge in [-0.05, 0) is 34.7 Å². The van der Waals surface area contributed by atoms with Crippen LogP contribution in [-0.4, -0.2) is 26.9 Å². The van der Waals surface area contributed by atoms with Gasteiger partial charge >= 0.3 is 13.3 Å². The highest BCUT2D eigenvalue weighted by molar-refractivity contribution is 7.71. The number of carboxylic acids is 1. The lowest BCUT2D eigenvalue weighted by Crippen LogP contribution is -2.42. The molecule has 8 heteroatoms. The largest absolute Gasteiger partial charge is 0.593 e. The van der Waals surface area contributed by atoms with Crippen molar-refractivity contribution in [3.63, 3.8) is 0 Å². The van der Waals surface area contributed by atoms with E-state index in [2.05, 4.69) is 4.98 Å². The normalized spacial score (nSPS) is 13.4. The molecule has 116 valence electrons. The van der Waals surface area contributed by atoms with Gasteiger partial charge < -0.3 is 9.94 Å². The Morgan fingerprint density at radius 2 is 2.09 bits per heavy atom. The lowest BCUT2D eigenvalue weighted by atomic mass is 10.1. The topological polar surface area (TPSA) is 79.7 Å². The number of fused-ring (bicyclic) bond motifs is 1. The van der Waals surface area contributed by atoms with Crippen LogP contribution >= 0.6 is 18.5 Å². The molecule has 0 radical (unpaired) electrons. The van der Waals surface area contributed by atoms with E-state index in [1.165, 1.54) is 0 Å². The van der Waals surface area contributed by atoms with Crippen LogP contribution < -0.4 is 4.84 Å². The van der Waals surface area contributed by atoms with E-state index in [0.29, 0.717) is 16.7 Å². The Kier molecular flexibility index (Phi) is 5.29. The molecule has 2 aromatic rings. The van der Waals surface area contributed by atoms with Gasteiger partial charge in [-0.1, -0.05) is 19.9 Å². The number of aromatic nitrogens is 1. The quantitative estimate of drug-likeness (QED) is 0.635. The lowest BCUT2D eigenvalue weighted by molar-refractivity contribution is -0.151. The number of carbonyl (C=O) groups is 1. The van der Waals surface area contributed by atoms with Crippen LogP contribution in [0.15, 0.2) is 36.5 Å². The molecular formula is C14H15ClN2O4P+. The van der Waals surface area contributed by atoms with Crippen molar-refractivity contribution in [2.24, 2.45) is 5.92 Å². The molecular weight excluding hydrogens is 327 g/mol. The van der Waals surface area contributed by atoms with Crippen molar-refractivity contribution in [3.05, 3.63) is 36.5 Å². The van der Waals surface area contributed by atoms with Gasteiger partial charge in [0.05, 0.1) is 5.52 Å². The molecule has 2 atom stereocenters. The van der Waals surface area contributed by atoms with Gasteiger partial charge in [-0.2, -0.15) is 0 Å². The maximum atomic E-state index is 11.8. The number of hydroxylamine groups is 1. The third kappa shape index (κ3) is 3.53. The molecule has 0 fully saturated rings. The molecule has 0 bridgehead atoms. The Hall–Kier alpha value is -1.75. The second-order valence-electron chi connectivity index (χ2n) is 4.97. The summed E-state index contributed by atoms with van der Waals surface area (Å²) >= 11 is 5.66. The SMILES string of the molecule is CC(C)C(C(=O)O)N(Oc1cccc2ncccc12)[P+](=O)Cl. The van der Waals surface area contributed by atoms with Gasteiger partial charge in [0.15, 0.2) is 11.8 Å². The maximum absolute atomic E-state index is 11.8. The predicted molar refractivity (Wildman–Crippen MR) is 83.9 cm³/mol. The first-order chi connectivity index (χ1) is 10.4. The number of nitrogens with zero attached hydrogens (tertiary/aromatic N) is 2. The van der Waals surface area contributed by atoms with Gasteiger partial charge in [0.2, 0.25) is 11.2 Å². The molecule has 2 unspecified atom stereocenters. The van der Waals surface area contributed by atoms with E-state index in [0.717, 1.165) is 4.83 Å². The average molecular weight is 342 g/mol. The minimum absolute atomic E-state index is 0.344. The molecule has 0 spiro atoms. The van der Waals surface area contributed by atoms with Crippen LogP contribution in [0.2, 0.25) is 0 Å². The first kappa shape index (κ1) is 16.6. The summed E-state index contributed by atoms with van der Waals surface area (Å²) in [5.41, 5.74) is 0.682. The monoisotopic (exact) mass is 341 g/mol. The summed E-state index contributed by atoms with van der Waals surface area (Å²) in [6, 6.07) is 7.54. The number of carboxylic acid groups (broad SMARTS) is 1. The fraction of sp³-hybridized carbons (Fsp3) is 0.286. The van der Waals surface area contributed by atoms with E-state index < -0.39 is 19.3 Å². The van der Waals surface area contributed by atoms with Crippen LogP contribution in [0.3, 0.4) is 0 Å². The molecule has 22 heavy (non-hydrogen) atoms. The Morgan fingerprint density at radius 3 is 2.68 bits per heavy atom. The van der Waals surface area contributed by atoms with Crippen LogP contribution in [-0.2, 0) is 9.36 Å². The predicted octanol–water partition coefficient (Wildman–Crippen LogP) is 3.84. The van der Waals surface area contributed by atoms with Crippen molar-refractivity contribution in [1.29, 1.82) is 0 Å². The second kappa shape index (κ2) is 7.01. The molecule has 0 saturated carbocycles. The minimum atomic E-state index is -2.52. The highest BCUT2D eigenvalue weighted by Gasteiger charge is 2.44. The van der Waals surface area contributed by atoms with Crippen LogP contribution in [0.25, 0.3) is 10.9 Å². The Balaban J connectivity index is 2.42. The van der Waals surface area contributed by atoms with E-state index in [-0.39, 0.29) is 5.92 Å². The molecule has 0 aliphatic heterocycles. The number of benzene rings is 1. The van der Waals surface area contributed by atoms with Crippen molar-refractivity contribution in [2.75, 3.05) is 0 Å². The molecule has 1 aromatic heterocycles. The average Bonchev–Trinajstić information content (AvgIpc) is 2.46. The fourth-order valence-electron chi connectivity index (χ4n) is 2.08. The summed E-state index contributed by atoms with van der Waals surface area (Å²) in [6.45, 7) is 3.38. The Bertz CT molecular complexity index is 705. The number of hydrogen-bond donors (Lipinski definition) is 1. The van der Waals surface area contributed by atoms with Crippen LogP contribution in [0.4, 0.5) is 0 Å². The van der Waals surface area contributed by atoms with E-state index in [1.54, 1.807) is 50.4 Å². The standard InChI is InChI=1S/C14H14ClN2O4P/c1-9(2)13(14(18)19)17(22(15)20)21-12-7-3-6-11-10(12)5-4-8-16-11/h3-9,13H,1-2H3/p+1. The number of halogens is 1. The molecule has 0 saturated heterocycles. The highest BCUT2D eigenvalue weighted by Crippen LogP contribution is 2.38. The van der Waals surface area contributed by atoms with Crippen molar-refractivity contribution in [1.82, 2.24) is 9.82 Å². The number of rotatable bonds is 6. The summed E-state index contributed by atoms with van der Waals surface area (Å²) < 4.78 is 11.8. The summed E-state index contributed by atoms with van der Waals surface area (Å²) in [5, 5.41) is 10.0. The van der Waals surface area contributed by atoms with Crippen LogP contribution in [0.5, 0.6) is 5.75 Å². The minimum Gasteiger partial charge on any atom is -0.480 e. The first-order valence-corrected chi connectivity index (χ1v) is 8.70. The van der Waals surface area contributed by atoms with E-state index in [4.69, 9.17) is 16.1 Å². The molecule has 2 rings (SSSR count). The van der Waals surface area contributed by atoms with Crippen molar-refractivity contribution < 1.29 is 19.3 Å². The molecule has 1 N–H and O–H groups in total. The summed E-state index contributed by atoms with van der Waals surface area (Å²) in [4.78, 5) is 22.0. The number of hydrogen-bond acceptors (Lipinski definition) is 4. The molecule has 6 nitrogen and oxygen atoms in total. The van der Waals surface area contributed by atoms with E-state index in [1.807, 2.05) is 0 Å². The van der Waals surface area contributed by atoms with E-state index in [9.17, 15) is 14.5 Å². The number of aliphatic carboxylic acids is 1.